The minimum Gasteiger partial charge on any atom is -0.341 e. The lowest BCUT2D eigenvalue weighted by Gasteiger charge is -2.20. The van der Waals surface area contributed by atoms with Gasteiger partial charge in [0.25, 0.3) is 0 Å². The molecule has 2 amide bonds. The van der Waals surface area contributed by atoms with Crippen molar-refractivity contribution in [1.29, 1.82) is 0 Å². The zero-order valence-corrected chi connectivity index (χ0v) is 9.24. The number of rotatable bonds is 4. The lowest BCUT2D eigenvalue weighted by Crippen LogP contribution is -2.38. The smallest absolute Gasteiger partial charge is 0.242 e. The van der Waals surface area contributed by atoms with Gasteiger partial charge < -0.3 is 15.5 Å². The van der Waals surface area contributed by atoms with Crippen molar-refractivity contribution in [1.82, 2.24) is 9.80 Å². The van der Waals surface area contributed by atoms with Crippen LogP contribution in [-0.2, 0) is 9.59 Å². The molecule has 1 fully saturated rings. The maximum atomic E-state index is 11.7. The van der Waals surface area contributed by atoms with Gasteiger partial charge in [-0.25, -0.2) is 0 Å². The molecule has 0 bridgehead atoms. The molecular weight excluding hydrogens is 194 g/mol. The van der Waals surface area contributed by atoms with E-state index in [-0.39, 0.29) is 18.4 Å². The maximum absolute atomic E-state index is 11.7. The van der Waals surface area contributed by atoms with E-state index < -0.39 is 0 Å². The molecule has 1 rings (SSSR count). The van der Waals surface area contributed by atoms with E-state index in [4.69, 9.17) is 5.73 Å². The van der Waals surface area contributed by atoms with Crippen LogP contribution in [0.2, 0.25) is 0 Å². The van der Waals surface area contributed by atoms with Crippen LogP contribution in [0.1, 0.15) is 19.8 Å². The Labute approximate surface area is 90.2 Å². The van der Waals surface area contributed by atoms with Gasteiger partial charge in [-0.3, -0.25) is 9.59 Å². The van der Waals surface area contributed by atoms with Gasteiger partial charge in [-0.2, -0.15) is 0 Å². The first-order chi connectivity index (χ1) is 7.19. The number of carbonyl (C=O) groups excluding carboxylic acids is 2. The van der Waals surface area contributed by atoms with Gasteiger partial charge in [-0.05, 0) is 19.9 Å². The quantitative estimate of drug-likeness (QED) is 0.679. The average Bonchev–Trinajstić information content (AvgIpc) is 2.37. The van der Waals surface area contributed by atoms with E-state index in [1.165, 1.54) is 0 Å². The molecule has 0 atom stereocenters. The van der Waals surface area contributed by atoms with Gasteiger partial charge in [0.2, 0.25) is 11.8 Å². The lowest BCUT2D eigenvalue weighted by molar-refractivity contribution is -0.136. The Morgan fingerprint density at radius 1 is 1.27 bits per heavy atom. The Bertz CT molecular complexity index is 243. The summed E-state index contributed by atoms with van der Waals surface area (Å²) < 4.78 is 0. The fourth-order valence-electron chi connectivity index (χ4n) is 1.67. The van der Waals surface area contributed by atoms with E-state index in [0.29, 0.717) is 32.6 Å². The Kier molecular flexibility index (Phi) is 4.55. The SMILES string of the molecule is CCN1CC(=O)N(CCCN)CCC1=O. The number of nitrogens with two attached hydrogens (primary N) is 1. The third-order valence-electron chi connectivity index (χ3n) is 2.64. The van der Waals surface area contributed by atoms with Crippen LogP contribution in [0.3, 0.4) is 0 Å². The molecule has 0 aromatic rings. The molecule has 1 saturated heterocycles. The second kappa shape index (κ2) is 5.70. The summed E-state index contributed by atoms with van der Waals surface area (Å²) in [5, 5.41) is 0. The van der Waals surface area contributed by atoms with Gasteiger partial charge >= 0.3 is 0 Å². The van der Waals surface area contributed by atoms with E-state index in [1.807, 2.05) is 6.92 Å². The zero-order valence-electron chi connectivity index (χ0n) is 9.24. The van der Waals surface area contributed by atoms with Crippen LogP contribution in [0.15, 0.2) is 0 Å². The van der Waals surface area contributed by atoms with Crippen molar-refractivity contribution in [2.75, 3.05) is 32.7 Å². The molecule has 0 unspecified atom stereocenters. The molecule has 1 heterocycles. The summed E-state index contributed by atoms with van der Waals surface area (Å²) in [5.74, 6) is 0.109. The van der Waals surface area contributed by atoms with E-state index >= 15 is 0 Å². The van der Waals surface area contributed by atoms with Crippen molar-refractivity contribution < 1.29 is 9.59 Å². The molecule has 15 heavy (non-hydrogen) atoms. The summed E-state index contributed by atoms with van der Waals surface area (Å²) >= 11 is 0. The Balaban J connectivity index is 2.56. The highest BCUT2D eigenvalue weighted by Gasteiger charge is 2.24. The molecule has 0 aromatic heterocycles. The summed E-state index contributed by atoms with van der Waals surface area (Å²) in [4.78, 5) is 26.6. The van der Waals surface area contributed by atoms with Gasteiger partial charge in [0, 0.05) is 26.1 Å². The highest BCUT2D eigenvalue weighted by molar-refractivity contribution is 5.87. The lowest BCUT2D eigenvalue weighted by atomic mass is 10.3. The molecule has 0 radical (unpaired) electrons. The molecule has 1 aliphatic heterocycles. The first kappa shape index (κ1) is 12.0. The van der Waals surface area contributed by atoms with Crippen LogP contribution < -0.4 is 5.73 Å². The topological polar surface area (TPSA) is 66.6 Å². The van der Waals surface area contributed by atoms with Gasteiger partial charge in [-0.15, -0.1) is 0 Å². The molecular formula is C10H19N3O2. The molecule has 86 valence electrons. The van der Waals surface area contributed by atoms with Gasteiger partial charge in [0.15, 0.2) is 0 Å². The first-order valence-electron chi connectivity index (χ1n) is 5.44. The number of likely N-dealkylation sites (N-methyl/N-ethyl adjacent to an activating group) is 1. The highest BCUT2D eigenvalue weighted by Crippen LogP contribution is 2.06. The van der Waals surface area contributed by atoms with Gasteiger partial charge in [-0.1, -0.05) is 0 Å². The van der Waals surface area contributed by atoms with E-state index in [9.17, 15) is 9.59 Å². The van der Waals surface area contributed by atoms with Gasteiger partial charge in [0.05, 0.1) is 6.54 Å². The third-order valence-corrected chi connectivity index (χ3v) is 2.64. The van der Waals surface area contributed by atoms with Crippen molar-refractivity contribution >= 4 is 11.8 Å². The van der Waals surface area contributed by atoms with Crippen LogP contribution in [-0.4, -0.2) is 54.3 Å². The average molecular weight is 213 g/mol. The Morgan fingerprint density at radius 3 is 2.60 bits per heavy atom. The van der Waals surface area contributed by atoms with Crippen LogP contribution in [0.5, 0.6) is 0 Å². The molecule has 1 aliphatic rings. The predicted molar refractivity (Wildman–Crippen MR) is 57.1 cm³/mol. The van der Waals surface area contributed by atoms with Crippen molar-refractivity contribution in [3.8, 4) is 0 Å². The van der Waals surface area contributed by atoms with Crippen molar-refractivity contribution in [2.45, 2.75) is 19.8 Å². The van der Waals surface area contributed by atoms with Crippen molar-refractivity contribution in [2.24, 2.45) is 5.73 Å². The maximum Gasteiger partial charge on any atom is 0.242 e. The number of hydrogen-bond donors (Lipinski definition) is 1. The molecule has 0 aliphatic carbocycles. The van der Waals surface area contributed by atoms with Crippen molar-refractivity contribution in [3.63, 3.8) is 0 Å². The van der Waals surface area contributed by atoms with E-state index in [1.54, 1.807) is 9.80 Å². The molecule has 2 N–H and O–H groups in total. The number of hydrogen-bond acceptors (Lipinski definition) is 3. The van der Waals surface area contributed by atoms with Crippen LogP contribution in [0.4, 0.5) is 0 Å². The van der Waals surface area contributed by atoms with Crippen LogP contribution in [0, 0.1) is 0 Å². The Hall–Kier alpha value is -1.10. The minimum atomic E-state index is 0.0381. The largest absolute Gasteiger partial charge is 0.341 e. The zero-order chi connectivity index (χ0) is 11.3. The fraction of sp³-hybridized carbons (Fsp3) is 0.800. The second-order valence-corrected chi connectivity index (χ2v) is 3.68. The summed E-state index contributed by atoms with van der Waals surface area (Å²) in [7, 11) is 0. The normalized spacial score (nSPS) is 18.3. The Morgan fingerprint density at radius 2 is 2.00 bits per heavy atom. The summed E-state index contributed by atoms with van der Waals surface area (Å²) in [6.45, 7) is 4.50. The van der Waals surface area contributed by atoms with E-state index in [0.717, 1.165) is 6.42 Å². The molecule has 0 spiro atoms. The molecule has 0 aromatic carbocycles. The first-order valence-corrected chi connectivity index (χ1v) is 5.44. The van der Waals surface area contributed by atoms with Crippen molar-refractivity contribution in [3.05, 3.63) is 0 Å². The van der Waals surface area contributed by atoms with E-state index in [2.05, 4.69) is 0 Å². The minimum absolute atomic E-state index is 0.0381. The third kappa shape index (κ3) is 3.20. The second-order valence-electron chi connectivity index (χ2n) is 3.68. The predicted octanol–water partition coefficient (Wildman–Crippen LogP) is -0.584. The molecule has 5 nitrogen and oxygen atoms in total. The standard InChI is InChI=1S/C10H19N3O2/c1-2-12-8-10(15)13(6-3-5-11)7-4-9(12)14/h2-8,11H2,1H3. The summed E-state index contributed by atoms with van der Waals surface area (Å²) in [6.07, 6.45) is 1.23. The fourth-order valence-corrected chi connectivity index (χ4v) is 1.67. The number of amides is 2. The van der Waals surface area contributed by atoms with Gasteiger partial charge in [0.1, 0.15) is 0 Å². The number of nitrogens with zero attached hydrogens (tertiary/aromatic N) is 2. The number of carbonyl (C=O) groups is 2. The highest BCUT2D eigenvalue weighted by atomic mass is 16.2. The molecule has 5 heteroatoms. The monoisotopic (exact) mass is 213 g/mol. The summed E-state index contributed by atoms with van der Waals surface area (Å²) in [5.41, 5.74) is 5.40. The van der Waals surface area contributed by atoms with Crippen LogP contribution >= 0.6 is 0 Å². The summed E-state index contributed by atoms with van der Waals surface area (Å²) in [6, 6.07) is 0. The van der Waals surface area contributed by atoms with Crippen LogP contribution in [0.25, 0.3) is 0 Å². The molecule has 0 saturated carbocycles.